The third-order valence-corrected chi connectivity index (χ3v) is 3.38. The van der Waals surface area contributed by atoms with E-state index in [1.807, 2.05) is 42.6 Å². The average Bonchev–Trinajstić information content (AvgIpc) is 2.88. The van der Waals surface area contributed by atoms with E-state index in [-0.39, 0.29) is 17.9 Å². The molecule has 2 aromatic heterocycles. The van der Waals surface area contributed by atoms with Crippen LogP contribution >= 0.6 is 0 Å². The average molecular weight is 275 g/mol. The quantitative estimate of drug-likeness (QED) is 0.831. The molecule has 0 aliphatic carbocycles. The number of amides is 1. The van der Waals surface area contributed by atoms with Gasteiger partial charge in [-0.05, 0) is 25.5 Å². The van der Waals surface area contributed by atoms with Gasteiger partial charge in [-0.1, -0.05) is 19.4 Å². The number of pyridine rings is 1. The maximum Gasteiger partial charge on any atom is 0.224 e. The van der Waals surface area contributed by atoms with Gasteiger partial charge in [0.05, 0.1) is 12.0 Å². The molecular weight excluding hydrogens is 254 g/mol. The second-order valence-electron chi connectivity index (χ2n) is 4.94. The van der Waals surface area contributed by atoms with Gasteiger partial charge >= 0.3 is 0 Å². The smallest absolute Gasteiger partial charge is 0.224 e. The first-order valence-corrected chi connectivity index (χ1v) is 6.97. The van der Waals surface area contributed by atoms with E-state index in [1.54, 1.807) is 0 Å². The van der Waals surface area contributed by atoms with Crippen molar-refractivity contribution in [1.82, 2.24) is 19.9 Å². The Bertz CT molecular complexity index is 580. The SMILES string of the molecule is CCCC(CN)C(=O)NC(C)c1nnc2ccccn12. The Balaban J connectivity index is 2.11. The van der Waals surface area contributed by atoms with Crippen LogP contribution in [-0.4, -0.2) is 27.0 Å². The van der Waals surface area contributed by atoms with Crippen LogP contribution in [-0.2, 0) is 4.79 Å². The summed E-state index contributed by atoms with van der Waals surface area (Å²) >= 11 is 0. The van der Waals surface area contributed by atoms with Gasteiger partial charge in [0.1, 0.15) is 0 Å². The van der Waals surface area contributed by atoms with Crippen LogP contribution < -0.4 is 11.1 Å². The highest BCUT2D eigenvalue weighted by Crippen LogP contribution is 2.13. The first-order valence-electron chi connectivity index (χ1n) is 6.97. The highest BCUT2D eigenvalue weighted by atomic mass is 16.2. The van der Waals surface area contributed by atoms with Crippen LogP contribution in [0.25, 0.3) is 5.65 Å². The van der Waals surface area contributed by atoms with Crippen LogP contribution in [0, 0.1) is 5.92 Å². The van der Waals surface area contributed by atoms with E-state index in [9.17, 15) is 4.79 Å². The molecule has 20 heavy (non-hydrogen) atoms. The second-order valence-corrected chi connectivity index (χ2v) is 4.94. The minimum Gasteiger partial charge on any atom is -0.346 e. The molecule has 0 fully saturated rings. The predicted molar refractivity (Wildman–Crippen MR) is 77.0 cm³/mol. The van der Waals surface area contributed by atoms with E-state index in [1.165, 1.54) is 0 Å². The van der Waals surface area contributed by atoms with Crippen molar-refractivity contribution >= 4 is 11.6 Å². The number of carbonyl (C=O) groups excluding carboxylic acids is 1. The van der Waals surface area contributed by atoms with Crippen molar-refractivity contribution in [3.63, 3.8) is 0 Å². The lowest BCUT2D eigenvalue weighted by Crippen LogP contribution is -2.37. The van der Waals surface area contributed by atoms with Crippen LogP contribution in [0.4, 0.5) is 0 Å². The fourth-order valence-electron chi connectivity index (χ4n) is 2.26. The number of hydrogen-bond donors (Lipinski definition) is 2. The number of nitrogens with one attached hydrogen (secondary N) is 1. The molecule has 2 aromatic rings. The number of nitrogens with two attached hydrogens (primary N) is 1. The Morgan fingerprint density at radius 1 is 1.45 bits per heavy atom. The highest BCUT2D eigenvalue weighted by molar-refractivity contribution is 5.79. The molecule has 0 aliphatic rings. The molecule has 108 valence electrons. The Hall–Kier alpha value is -1.95. The van der Waals surface area contributed by atoms with Gasteiger partial charge < -0.3 is 11.1 Å². The van der Waals surface area contributed by atoms with Crippen LogP contribution in [0.15, 0.2) is 24.4 Å². The number of carbonyl (C=O) groups is 1. The van der Waals surface area contributed by atoms with Crippen molar-refractivity contribution in [3.05, 3.63) is 30.2 Å². The lowest BCUT2D eigenvalue weighted by molar-refractivity contribution is -0.125. The topological polar surface area (TPSA) is 85.3 Å². The van der Waals surface area contributed by atoms with Crippen LogP contribution in [0.2, 0.25) is 0 Å². The maximum atomic E-state index is 12.2. The van der Waals surface area contributed by atoms with Crippen molar-refractivity contribution in [2.45, 2.75) is 32.7 Å². The maximum absolute atomic E-state index is 12.2. The molecule has 0 saturated heterocycles. The van der Waals surface area contributed by atoms with E-state index in [0.717, 1.165) is 24.3 Å². The van der Waals surface area contributed by atoms with Crippen LogP contribution in [0.1, 0.15) is 38.6 Å². The molecule has 1 amide bonds. The molecular formula is C14H21N5O. The van der Waals surface area contributed by atoms with Gasteiger partial charge in [0.15, 0.2) is 11.5 Å². The zero-order chi connectivity index (χ0) is 14.5. The summed E-state index contributed by atoms with van der Waals surface area (Å²) < 4.78 is 1.88. The summed E-state index contributed by atoms with van der Waals surface area (Å²) in [5.74, 6) is 0.567. The molecule has 0 aliphatic heterocycles. The van der Waals surface area contributed by atoms with E-state index in [2.05, 4.69) is 15.5 Å². The number of rotatable bonds is 6. The summed E-state index contributed by atoms with van der Waals surface area (Å²) in [5.41, 5.74) is 6.42. The monoisotopic (exact) mass is 275 g/mol. The van der Waals surface area contributed by atoms with E-state index < -0.39 is 0 Å². The lowest BCUT2D eigenvalue weighted by atomic mass is 10.0. The fourth-order valence-corrected chi connectivity index (χ4v) is 2.26. The largest absolute Gasteiger partial charge is 0.346 e. The predicted octanol–water partition coefficient (Wildman–Crippen LogP) is 1.28. The highest BCUT2D eigenvalue weighted by Gasteiger charge is 2.20. The minimum atomic E-state index is -0.203. The number of aromatic nitrogens is 3. The van der Waals surface area contributed by atoms with E-state index in [4.69, 9.17) is 5.73 Å². The van der Waals surface area contributed by atoms with Crippen LogP contribution in [0.5, 0.6) is 0 Å². The summed E-state index contributed by atoms with van der Waals surface area (Å²) in [7, 11) is 0. The van der Waals surface area contributed by atoms with Gasteiger partial charge in [0, 0.05) is 12.7 Å². The molecule has 2 atom stereocenters. The zero-order valence-electron chi connectivity index (χ0n) is 11.9. The summed E-state index contributed by atoms with van der Waals surface area (Å²) in [6.07, 6.45) is 3.63. The van der Waals surface area contributed by atoms with E-state index >= 15 is 0 Å². The summed E-state index contributed by atoms with van der Waals surface area (Å²) in [6, 6.07) is 5.49. The van der Waals surface area contributed by atoms with Crippen molar-refractivity contribution in [1.29, 1.82) is 0 Å². The lowest BCUT2D eigenvalue weighted by Gasteiger charge is -2.17. The Morgan fingerprint density at radius 2 is 2.25 bits per heavy atom. The minimum absolute atomic E-state index is 0.0190. The van der Waals surface area contributed by atoms with Crippen molar-refractivity contribution in [2.24, 2.45) is 11.7 Å². The third kappa shape index (κ3) is 2.96. The second kappa shape index (κ2) is 6.47. The first-order chi connectivity index (χ1) is 9.67. The molecule has 0 radical (unpaired) electrons. The Morgan fingerprint density at radius 3 is 2.95 bits per heavy atom. The van der Waals surface area contributed by atoms with Gasteiger partial charge in [-0.25, -0.2) is 0 Å². The Kier molecular flexibility index (Phi) is 4.68. The molecule has 0 saturated carbocycles. The van der Waals surface area contributed by atoms with Crippen LogP contribution in [0.3, 0.4) is 0 Å². The van der Waals surface area contributed by atoms with Crippen molar-refractivity contribution in [3.8, 4) is 0 Å². The van der Waals surface area contributed by atoms with Crippen molar-refractivity contribution < 1.29 is 4.79 Å². The standard InChI is InChI=1S/C14H21N5O/c1-3-6-11(9-15)14(20)16-10(2)13-18-17-12-7-4-5-8-19(12)13/h4-5,7-8,10-11H,3,6,9,15H2,1-2H3,(H,16,20). The number of hydrogen-bond acceptors (Lipinski definition) is 4. The van der Waals surface area contributed by atoms with Gasteiger partial charge in [0.2, 0.25) is 5.91 Å². The number of nitrogens with zero attached hydrogens (tertiary/aromatic N) is 3. The summed E-state index contributed by atoms with van der Waals surface area (Å²) in [4.78, 5) is 12.2. The molecule has 0 aromatic carbocycles. The molecule has 2 heterocycles. The third-order valence-electron chi connectivity index (χ3n) is 3.38. The molecule has 0 spiro atoms. The summed E-state index contributed by atoms with van der Waals surface area (Å²) in [5, 5.41) is 11.2. The molecule has 2 unspecified atom stereocenters. The van der Waals surface area contributed by atoms with Gasteiger partial charge in [-0.2, -0.15) is 0 Å². The van der Waals surface area contributed by atoms with Gasteiger partial charge in [-0.15, -0.1) is 10.2 Å². The fraction of sp³-hybridized carbons (Fsp3) is 0.500. The van der Waals surface area contributed by atoms with E-state index in [0.29, 0.717) is 6.54 Å². The normalized spacial score (nSPS) is 14.2. The molecule has 2 rings (SSSR count). The zero-order valence-corrected chi connectivity index (χ0v) is 11.9. The molecule has 6 nitrogen and oxygen atoms in total. The molecule has 6 heteroatoms. The molecule has 0 bridgehead atoms. The van der Waals surface area contributed by atoms with Gasteiger partial charge in [-0.3, -0.25) is 9.20 Å². The van der Waals surface area contributed by atoms with Gasteiger partial charge in [0.25, 0.3) is 0 Å². The summed E-state index contributed by atoms with van der Waals surface area (Å²) in [6.45, 7) is 4.32. The Labute approximate surface area is 118 Å². The van der Waals surface area contributed by atoms with Crippen molar-refractivity contribution in [2.75, 3.05) is 6.54 Å². The molecule has 3 N–H and O–H groups in total. The first kappa shape index (κ1) is 14.5. The number of fused-ring (bicyclic) bond motifs is 1.